The van der Waals surface area contributed by atoms with Crippen molar-refractivity contribution in [2.24, 2.45) is 5.92 Å². The first-order valence-corrected chi connectivity index (χ1v) is 8.64. The lowest BCUT2D eigenvalue weighted by atomic mass is 9.90. The smallest absolute Gasteiger partial charge is 0.343 e. The first kappa shape index (κ1) is 20.1. The van der Waals surface area contributed by atoms with Crippen molar-refractivity contribution in [2.45, 2.75) is 32.1 Å². The number of hydrogen-bond donors (Lipinski definition) is 2. The normalized spacial score (nSPS) is 14.8. The van der Waals surface area contributed by atoms with Crippen molar-refractivity contribution in [1.82, 2.24) is 0 Å². The van der Waals surface area contributed by atoms with Crippen LogP contribution in [-0.4, -0.2) is 45.5 Å². The molecule has 1 aliphatic carbocycles. The number of aromatic carboxylic acids is 1. The molecule has 0 unspecified atom stereocenters. The minimum Gasteiger partial charge on any atom is -0.490 e. The van der Waals surface area contributed by atoms with Gasteiger partial charge in [0.1, 0.15) is 17.0 Å². The van der Waals surface area contributed by atoms with E-state index in [-0.39, 0.29) is 42.1 Å². The van der Waals surface area contributed by atoms with Gasteiger partial charge < -0.3 is 34.5 Å². The Bertz CT molecular complexity index is 600. The Hall–Kier alpha value is -2.19. The molecule has 2 rings (SSSR count). The van der Waals surface area contributed by atoms with Crippen LogP contribution in [0.1, 0.15) is 42.5 Å². The van der Waals surface area contributed by atoms with Crippen LogP contribution in [0.25, 0.3) is 0 Å². The molecular formula is C18H27NO7. The Labute approximate surface area is 153 Å². The van der Waals surface area contributed by atoms with Gasteiger partial charge in [0.15, 0.2) is 25.1 Å². The molecule has 0 bridgehead atoms. The number of nitrogens with two attached hydrogens (primary N) is 1. The van der Waals surface area contributed by atoms with Crippen molar-refractivity contribution in [3.8, 4) is 17.2 Å². The highest BCUT2D eigenvalue weighted by Crippen LogP contribution is 2.42. The molecule has 0 radical (unpaired) electrons. The van der Waals surface area contributed by atoms with Crippen molar-refractivity contribution in [2.75, 3.05) is 40.1 Å². The zero-order chi connectivity index (χ0) is 18.9. The second-order valence-electron chi connectivity index (χ2n) is 6.21. The van der Waals surface area contributed by atoms with Gasteiger partial charge in [-0.3, -0.25) is 0 Å². The molecule has 8 nitrogen and oxygen atoms in total. The van der Waals surface area contributed by atoms with Crippen LogP contribution in [0.15, 0.2) is 6.07 Å². The van der Waals surface area contributed by atoms with Gasteiger partial charge in [0.05, 0.1) is 6.61 Å². The predicted molar refractivity (Wildman–Crippen MR) is 94.9 cm³/mol. The van der Waals surface area contributed by atoms with E-state index in [4.69, 9.17) is 29.4 Å². The van der Waals surface area contributed by atoms with Gasteiger partial charge in [0, 0.05) is 20.3 Å². The summed E-state index contributed by atoms with van der Waals surface area (Å²) in [6, 6.07) is 1.41. The predicted octanol–water partition coefficient (Wildman–Crippen LogP) is 2.89. The highest BCUT2D eigenvalue weighted by molar-refractivity contribution is 5.97. The molecule has 1 saturated carbocycles. The molecule has 26 heavy (non-hydrogen) atoms. The molecule has 0 saturated heterocycles. The fourth-order valence-corrected chi connectivity index (χ4v) is 3.01. The van der Waals surface area contributed by atoms with Crippen LogP contribution < -0.4 is 19.9 Å². The summed E-state index contributed by atoms with van der Waals surface area (Å²) >= 11 is 0. The third-order valence-corrected chi connectivity index (χ3v) is 4.31. The second-order valence-corrected chi connectivity index (χ2v) is 6.21. The molecule has 1 aromatic carbocycles. The van der Waals surface area contributed by atoms with Gasteiger partial charge in [-0.2, -0.15) is 0 Å². The summed E-state index contributed by atoms with van der Waals surface area (Å²) in [5.41, 5.74) is 6.09. The van der Waals surface area contributed by atoms with Crippen molar-refractivity contribution < 1.29 is 33.6 Å². The fourth-order valence-electron chi connectivity index (χ4n) is 3.01. The lowest BCUT2D eigenvalue weighted by molar-refractivity contribution is 0.0441. The average Bonchev–Trinajstić information content (AvgIpc) is 2.65. The molecule has 0 aliphatic heterocycles. The zero-order valence-corrected chi connectivity index (χ0v) is 15.3. The monoisotopic (exact) mass is 369 g/mol. The van der Waals surface area contributed by atoms with E-state index in [1.165, 1.54) is 26.7 Å². The fraction of sp³-hybridized carbons (Fsp3) is 0.611. The largest absolute Gasteiger partial charge is 0.490 e. The standard InChI is InChI=1S/C18H27NO7/c1-22-10-25-13-8-14(26-11-23-2)16(19)17(15(13)18(20)21)24-9-12-6-4-3-5-7-12/h8,12H,3-7,9-11,19H2,1-2H3,(H,20,21). The summed E-state index contributed by atoms with van der Waals surface area (Å²) in [6.45, 7) is 0.250. The van der Waals surface area contributed by atoms with E-state index in [9.17, 15) is 9.90 Å². The maximum Gasteiger partial charge on any atom is 0.343 e. The number of nitrogen functional groups attached to an aromatic ring is 1. The molecule has 1 fully saturated rings. The van der Waals surface area contributed by atoms with Crippen LogP contribution in [0.3, 0.4) is 0 Å². The topological polar surface area (TPSA) is 109 Å². The lowest BCUT2D eigenvalue weighted by Gasteiger charge is -2.24. The quantitative estimate of drug-likeness (QED) is 0.478. The number of carboxylic acids is 1. The average molecular weight is 369 g/mol. The van der Waals surface area contributed by atoms with Crippen molar-refractivity contribution in [3.05, 3.63) is 11.6 Å². The van der Waals surface area contributed by atoms with Crippen molar-refractivity contribution in [1.29, 1.82) is 0 Å². The van der Waals surface area contributed by atoms with Crippen molar-refractivity contribution >= 4 is 11.7 Å². The van der Waals surface area contributed by atoms with Crippen LogP contribution >= 0.6 is 0 Å². The van der Waals surface area contributed by atoms with Crippen LogP contribution in [0.2, 0.25) is 0 Å². The van der Waals surface area contributed by atoms with E-state index in [1.54, 1.807) is 0 Å². The summed E-state index contributed by atoms with van der Waals surface area (Å²) in [5, 5.41) is 9.65. The Balaban J connectivity index is 2.33. The summed E-state index contributed by atoms with van der Waals surface area (Å²) in [7, 11) is 2.92. The van der Waals surface area contributed by atoms with Gasteiger partial charge >= 0.3 is 5.97 Å². The summed E-state index contributed by atoms with van der Waals surface area (Å²) < 4.78 is 26.5. The van der Waals surface area contributed by atoms with Crippen LogP contribution in [0.5, 0.6) is 17.2 Å². The molecule has 3 N–H and O–H groups in total. The summed E-state index contributed by atoms with van der Waals surface area (Å²) in [6.07, 6.45) is 5.68. The van der Waals surface area contributed by atoms with Gasteiger partial charge in [-0.1, -0.05) is 19.3 Å². The second kappa shape index (κ2) is 10.1. The zero-order valence-electron chi connectivity index (χ0n) is 15.3. The van der Waals surface area contributed by atoms with Crippen LogP contribution in [0, 0.1) is 5.92 Å². The van der Waals surface area contributed by atoms with Gasteiger partial charge in [-0.15, -0.1) is 0 Å². The summed E-state index contributed by atoms with van der Waals surface area (Å²) in [5.74, 6) is -0.445. The lowest BCUT2D eigenvalue weighted by Crippen LogP contribution is -2.18. The molecule has 1 aliphatic rings. The number of benzene rings is 1. The van der Waals surface area contributed by atoms with Crippen molar-refractivity contribution in [3.63, 3.8) is 0 Å². The van der Waals surface area contributed by atoms with Gasteiger partial charge in [-0.05, 0) is 18.8 Å². The molecule has 0 heterocycles. The Morgan fingerprint density at radius 1 is 1.08 bits per heavy atom. The molecule has 0 amide bonds. The minimum atomic E-state index is -1.19. The van der Waals surface area contributed by atoms with E-state index >= 15 is 0 Å². The molecule has 0 spiro atoms. The first-order valence-electron chi connectivity index (χ1n) is 8.64. The Morgan fingerprint density at radius 2 is 1.69 bits per heavy atom. The minimum absolute atomic E-state index is 0.0393. The van der Waals surface area contributed by atoms with E-state index in [1.807, 2.05) is 0 Å². The third kappa shape index (κ3) is 5.15. The van der Waals surface area contributed by atoms with Gasteiger partial charge in [-0.25, -0.2) is 4.79 Å². The third-order valence-electron chi connectivity index (χ3n) is 4.31. The van der Waals surface area contributed by atoms with Gasteiger partial charge in [0.2, 0.25) is 0 Å². The van der Waals surface area contributed by atoms with E-state index in [2.05, 4.69) is 0 Å². The molecule has 0 aromatic heterocycles. The molecule has 146 valence electrons. The number of hydrogen-bond acceptors (Lipinski definition) is 7. The van der Waals surface area contributed by atoms with Crippen LogP contribution in [-0.2, 0) is 9.47 Å². The molecule has 8 heteroatoms. The number of carbonyl (C=O) groups is 1. The van der Waals surface area contributed by atoms with Gasteiger partial charge in [0.25, 0.3) is 0 Å². The maximum atomic E-state index is 11.8. The number of rotatable bonds is 10. The van der Waals surface area contributed by atoms with E-state index in [0.717, 1.165) is 25.7 Å². The Morgan fingerprint density at radius 3 is 2.27 bits per heavy atom. The molecule has 1 aromatic rings. The summed E-state index contributed by atoms with van der Waals surface area (Å²) in [4.78, 5) is 11.8. The van der Waals surface area contributed by atoms with Crippen LogP contribution in [0.4, 0.5) is 5.69 Å². The number of anilines is 1. The van der Waals surface area contributed by atoms with E-state index in [0.29, 0.717) is 12.5 Å². The first-order chi connectivity index (χ1) is 12.6. The number of carboxylic acid groups (broad SMARTS) is 1. The molecular weight excluding hydrogens is 342 g/mol. The number of ether oxygens (including phenoxy) is 5. The molecule has 0 atom stereocenters. The number of methoxy groups -OCH3 is 2. The maximum absolute atomic E-state index is 11.8. The Kier molecular flexibility index (Phi) is 7.80. The highest BCUT2D eigenvalue weighted by atomic mass is 16.7. The SMILES string of the molecule is COCOc1cc(OCOC)c(C(=O)O)c(OCC2CCCCC2)c1N. The highest BCUT2D eigenvalue weighted by Gasteiger charge is 2.26. The van der Waals surface area contributed by atoms with E-state index < -0.39 is 5.97 Å².